The van der Waals surface area contributed by atoms with E-state index >= 15 is 0 Å². The summed E-state index contributed by atoms with van der Waals surface area (Å²) in [5.74, 6) is 1.71. The predicted molar refractivity (Wildman–Crippen MR) is 85.7 cm³/mol. The molecule has 1 aromatic carbocycles. The van der Waals surface area contributed by atoms with Crippen LogP contribution in [0.25, 0.3) is 0 Å². The Hall–Kier alpha value is -0.470. The number of rotatable bonds is 4. The van der Waals surface area contributed by atoms with E-state index in [1.54, 1.807) is 11.8 Å². The van der Waals surface area contributed by atoms with Gasteiger partial charge in [-0.05, 0) is 62.0 Å². The molecule has 0 amide bonds. The molecule has 0 spiro atoms. The zero-order valence-electron chi connectivity index (χ0n) is 12.6. The van der Waals surface area contributed by atoms with Crippen molar-refractivity contribution in [1.29, 1.82) is 0 Å². The van der Waals surface area contributed by atoms with Crippen LogP contribution in [0.3, 0.4) is 0 Å². The number of benzene rings is 1. The molecule has 1 N–H and O–H groups in total. The highest BCUT2D eigenvalue weighted by Gasteiger charge is 2.26. The van der Waals surface area contributed by atoms with Crippen LogP contribution in [-0.2, 0) is 0 Å². The third-order valence-electron chi connectivity index (χ3n) is 4.51. The lowest BCUT2D eigenvalue weighted by Gasteiger charge is -2.35. The van der Waals surface area contributed by atoms with E-state index in [1.165, 1.54) is 29.7 Å². The zero-order valence-corrected chi connectivity index (χ0v) is 13.5. The molecular formula is C17H27NS. The van der Waals surface area contributed by atoms with Crippen molar-refractivity contribution >= 4 is 11.8 Å². The van der Waals surface area contributed by atoms with E-state index in [4.69, 9.17) is 0 Å². The van der Waals surface area contributed by atoms with Crippen LogP contribution < -0.4 is 5.32 Å². The van der Waals surface area contributed by atoms with Crippen molar-refractivity contribution in [2.45, 2.75) is 57.0 Å². The maximum absolute atomic E-state index is 3.84. The molecule has 4 unspecified atom stereocenters. The van der Waals surface area contributed by atoms with Gasteiger partial charge in [0.1, 0.15) is 0 Å². The predicted octanol–water partition coefficient (Wildman–Crippen LogP) is 4.88. The summed E-state index contributed by atoms with van der Waals surface area (Å²) < 4.78 is 0. The largest absolute Gasteiger partial charge is 0.307 e. The molecule has 1 nitrogen and oxygen atoms in total. The summed E-state index contributed by atoms with van der Waals surface area (Å²) in [6.07, 6.45) is 6.20. The Morgan fingerprint density at radius 1 is 1.16 bits per heavy atom. The van der Waals surface area contributed by atoms with Gasteiger partial charge in [-0.3, -0.25) is 0 Å². The normalized spacial score (nSPS) is 29.2. The number of thioether (sulfide) groups is 1. The molecular weight excluding hydrogens is 250 g/mol. The fourth-order valence-corrected chi connectivity index (χ4v) is 3.63. The average molecular weight is 277 g/mol. The van der Waals surface area contributed by atoms with Crippen LogP contribution >= 0.6 is 11.8 Å². The number of nitrogens with one attached hydrogen (secondary N) is 1. The first-order valence-electron chi connectivity index (χ1n) is 7.50. The van der Waals surface area contributed by atoms with Crippen LogP contribution in [0.4, 0.5) is 0 Å². The highest BCUT2D eigenvalue weighted by Crippen LogP contribution is 2.30. The summed E-state index contributed by atoms with van der Waals surface area (Å²) in [4.78, 5) is 1.34. The van der Waals surface area contributed by atoms with E-state index in [2.05, 4.69) is 56.6 Å². The molecule has 0 saturated heterocycles. The number of hydrogen-bond donors (Lipinski definition) is 1. The van der Waals surface area contributed by atoms with E-state index < -0.39 is 0 Å². The van der Waals surface area contributed by atoms with Gasteiger partial charge in [-0.2, -0.15) is 0 Å². The highest BCUT2D eigenvalue weighted by molar-refractivity contribution is 7.98. The summed E-state index contributed by atoms with van der Waals surface area (Å²) in [7, 11) is 0. The number of hydrogen-bond acceptors (Lipinski definition) is 2. The lowest BCUT2D eigenvalue weighted by atomic mass is 9.79. The van der Waals surface area contributed by atoms with E-state index in [-0.39, 0.29) is 0 Å². The van der Waals surface area contributed by atoms with Crippen LogP contribution in [-0.4, -0.2) is 12.3 Å². The van der Waals surface area contributed by atoms with E-state index in [0.717, 1.165) is 11.8 Å². The van der Waals surface area contributed by atoms with Gasteiger partial charge in [-0.25, -0.2) is 0 Å². The van der Waals surface area contributed by atoms with Gasteiger partial charge < -0.3 is 5.32 Å². The fraction of sp³-hybridized carbons (Fsp3) is 0.647. The van der Waals surface area contributed by atoms with E-state index in [1.807, 2.05) is 0 Å². The van der Waals surface area contributed by atoms with Crippen molar-refractivity contribution in [2.75, 3.05) is 6.26 Å². The maximum atomic E-state index is 3.84. The lowest BCUT2D eigenvalue weighted by Crippen LogP contribution is -2.40. The van der Waals surface area contributed by atoms with Gasteiger partial charge in [0.2, 0.25) is 0 Å². The molecule has 0 aliphatic heterocycles. The molecule has 1 saturated carbocycles. The third-order valence-corrected chi connectivity index (χ3v) is 5.25. The van der Waals surface area contributed by atoms with Gasteiger partial charge in [0.15, 0.2) is 0 Å². The molecule has 0 radical (unpaired) electrons. The molecule has 1 fully saturated rings. The summed E-state index contributed by atoms with van der Waals surface area (Å²) >= 11 is 1.81. The minimum absolute atomic E-state index is 0.455. The minimum atomic E-state index is 0.455. The monoisotopic (exact) mass is 277 g/mol. The van der Waals surface area contributed by atoms with Gasteiger partial charge in [0, 0.05) is 17.0 Å². The molecule has 1 aliphatic carbocycles. The van der Waals surface area contributed by atoms with Gasteiger partial charge in [0.25, 0.3) is 0 Å². The first-order valence-corrected chi connectivity index (χ1v) is 8.72. The molecule has 1 aromatic rings. The van der Waals surface area contributed by atoms with Crippen LogP contribution in [0.1, 0.15) is 51.6 Å². The van der Waals surface area contributed by atoms with Crippen molar-refractivity contribution in [1.82, 2.24) is 5.32 Å². The molecule has 0 bridgehead atoms. The molecule has 1 aliphatic rings. The Labute approximate surface area is 122 Å². The molecule has 106 valence electrons. The SMILES string of the molecule is CSc1ccc(C(C)NC2CCC(C)CC2C)cc1. The van der Waals surface area contributed by atoms with Crippen LogP contribution in [0.2, 0.25) is 0 Å². The summed E-state index contributed by atoms with van der Waals surface area (Å²) in [6.45, 7) is 7.08. The Kier molecular flexibility index (Phi) is 5.35. The molecule has 4 atom stereocenters. The highest BCUT2D eigenvalue weighted by atomic mass is 32.2. The van der Waals surface area contributed by atoms with E-state index in [9.17, 15) is 0 Å². The van der Waals surface area contributed by atoms with Crippen molar-refractivity contribution in [2.24, 2.45) is 11.8 Å². The Morgan fingerprint density at radius 2 is 1.84 bits per heavy atom. The maximum Gasteiger partial charge on any atom is 0.0294 e. The van der Waals surface area contributed by atoms with Gasteiger partial charge >= 0.3 is 0 Å². The summed E-state index contributed by atoms with van der Waals surface area (Å²) in [6, 6.07) is 10.1. The lowest BCUT2D eigenvalue weighted by molar-refractivity contribution is 0.216. The van der Waals surface area contributed by atoms with Crippen LogP contribution in [0.5, 0.6) is 0 Å². The van der Waals surface area contributed by atoms with Crippen molar-refractivity contribution < 1.29 is 0 Å². The topological polar surface area (TPSA) is 12.0 Å². The Bertz CT molecular complexity index is 387. The van der Waals surface area contributed by atoms with Crippen molar-refractivity contribution in [3.05, 3.63) is 29.8 Å². The summed E-state index contributed by atoms with van der Waals surface area (Å²) in [5, 5.41) is 3.84. The molecule has 19 heavy (non-hydrogen) atoms. The molecule has 2 rings (SSSR count). The zero-order chi connectivity index (χ0) is 13.8. The van der Waals surface area contributed by atoms with Gasteiger partial charge in [-0.1, -0.05) is 26.0 Å². The second-order valence-electron chi connectivity index (χ2n) is 6.16. The molecule has 0 heterocycles. The van der Waals surface area contributed by atoms with E-state index in [0.29, 0.717) is 12.1 Å². The first kappa shape index (κ1) is 14.9. The minimum Gasteiger partial charge on any atom is -0.307 e. The van der Waals surface area contributed by atoms with Crippen LogP contribution in [0.15, 0.2) is 29.2 Å². The van der Waals surface area contributed by atoms with Gasteiger partial charge in [-0.15, -0.1) is 11.8 Å². The first-order chi connectivity index (χ1) is 9.10. The second-order valence-corrected chi connectivity index (χ2v) is 7.04. The van der Waals surface area contributed by atoms with Crippen molar-refractivity contribution in [3.8, 4) is 0 Å². The molecule has 0 aromatic heterocycles. The third kappa shape index (κ3) is 4.00. The smallest absolute Gasteiger partial charge is 0.0294 e. The quantitative estimate of drug-likeness (QED) is 0.787. The van der Waals surface area contributed by atoms with Crippen LogP contribution in [0, 0.1) is 11.8 Å². The summed E-state index contributed by atoms with van der Waals surface area (Å²) in [5.41, 5.74) is 1.41. The average Bonchev–Trinajstić information content (AvgIpc) is 2.42. The van der Waals surface area contributed by atoms with Crippen molar-refractivity contribution in [3.63, 3.8) is 0 Å². The Morgan fingerprint density at radius 3 is 2.42 bits per heavy atom. The van der Waals surface area contributed by atoms with Gasteiger partial charge in [0.05, 0.1) is 0 Å². The standard InChI is InChI=1S/C17H27NS/c1-12-5-10-17(13(2)11-12)18-14(3)15-6-8-16(19-4)9-7-15/h6-9,12-14,17-18H,5,10-11H2,1-4H3. The molecule has 2 heteroatoms. The Balaban J connectivity index is 1.94. The second kappa shape index (κ2) is 6.81. The fourth-order valence-electron chi connectivity index (χ4n) is 3.22.